The monoisotopic (exact) mass is 345 g/mol. The van der Waals surface area contributed by atoms with E-state index in [0.29, 0.717) is 6.42 Å². The molecule has 126 valence electrons. The maximum atomic E-state index is 11.8. The van der Waals surface area contributed by atoms with Gasteiger partial charge in [0.05, 0.1) is 18.5 Å². The molecular weight excluding hydrogens is 329 g/mol. The van der Waals surface area contributed by atoms with Gasteiger partial charge in [0.1, 0.15) is 6.23 Å². The first kappa shape index (κ1) is 16.1. The number of phosphoric acid groups is 1. The topological polar surface area (TPSA) is 166 Å². The van der Waals surface area contributed by atoms with Crippen molar-refractivity contribution in [2.75, 3.05) is 5.73 Å². The van der Waals surface area contributed by atoms with E-state index in [0.717, 1.165) is 0 Å². The molecule has 1 aliphatic heterocycles. The van der Waals surface area contributed by atoms with Gasteiger partial charge in [0.15, 0.2) is 11.2 Å². The van der Waals surface area contributed by atoms with E-state index in [1.807, 2.05) is 6.92 Å². The van der Waals surface area contributed by atoms with E-state index in [2.05, 4.69) is 15.0 Å². The summed E-state index contributed by atoms with van der Waals surface area (Å²) in [5.41, 5.74) is 5.41. The Labute approximate surface area is 129 Å². The van der Waals surface area contributed by atoms with Gasteiger partial charge in [-0.3, -0.25) is 18.9 Å². The molecule has 1 fully saturated rings. The third-order valence-corrected chi connectivity index (χ3v) is 4.16. The minimum Gasteiger partial charge on any atom is -0.369 e. The molecule has 1 saturated heterocycles. The van der Waals surface area contributed by atoms with Crippen molar-refractivity contribution in [3.05, 3.63) is 16.7 Å². The van der Waals surface area contributed by atoms with Crippen molar-refractivity contribution in [1.82, 2.24) is 19.5 Å². The Morgan fingerprint density at radius 1 is 1.61 bits per heavy atom. The number of nitrogen functional groups attached to an aromatic ring is 1. The summed E-state index contributed by atoms with van der Waals surface area (Å²) in [6, 6.07) is 0. The van der Waals surface area contributed by atoms with Gasteiger partial charge >= 0.3 is 7.82 Å². The predicted octanol–water partition coefficient (Wildman–Crippen LogP) is -0.123. The highest BCUT2D eigenvalue weighted by atomic mass is 31.2. The standard InChI is InChI=1S/C11H16N5O6P/c1-2-5-6(22-23(18,19)20)3-7(21-5)16-4-13-8-9(16)14-11(12)15-10(8)17/h4-7H,2-3H2,1H3,(H2,18,19,20)(H3,12,14,15,17)/t5-,6?,7-/m1/s1. The van der Waals surface area contributed by atoms with Crippen molar-refractivity contribution in [2.24, 2.45) is 0 Å². The fourth-order valence-corrected chi connectivity index (χ4v) is 3.25. The summed E-state index contributed by atoms with van der Waals surface area (Å²) in [6.45, 7) is 1.82. The van der Waals surface area contributed by atoms with Crippen molar-refractivity contribution < 1.29 is 23.6 Å². The molecule has 3 rings (SSSR count). The zero-order valence-electron chi connectivity index (χ0n) is 12.1. The van der Waals surface area contributed by atoms with E-state index in [9.17, 15) is 9.36 Å². The van der Waals surface area contributed by atoms with E-state index >= 15 is 0 Å². The third-order valence-electron chi connectivity index (χ3n) is 3.62. The second-order valence-corrected chi connectivity index (χ2v) is 6.37. The van der Waals surface area contributed by atoms with Crippen molar-refractivity contribution in [1.29, 1.82) is 0 Å². The lowest BCUT2D eigenvalue weighted by Crippen LogP contribution is -2.22. The zero-order valence-corrected chi connectivity index (χ0v) is 13.0. The van der Waals surface area contributed by atoms with Gasteiger partial charge in [-0.15, -0.1) is 0 Å². The van der Waals surface area contributed by atoms with Crippen LogP contribution < -0.4 is 11.3 Å². The molecule has 23 heavy (non-hydrogen) atoms. The molecule has 1 unspecified atom stereocenters. The Balaban J connectivity index is 1.94. The Morgan fingerprint density at radius 2 is 2.35 bits per heavy atom. The molecule has 2 aromatic rings. The van der Waals surface area contributed by atoms with E-state index < -0.39 is 31.8 Å². The van der Waals surface area contributed by atoms with Gasteiger partial charge in [0, 0.05) is 6.42 Å². The highest BCUT2D eigenvalue weighted by molar-refractivity contribution is 7.46. The smallest absolute Gasteiger partial charge is 0.369 e. The lowest BCUT2D eigenvalue weighted by Gasteiger charge is -2.17. The van der Waals surface area contributed by atoms with Crippen molar-refractivity contribution >= 4 is 24.9 Å². The number of rotatable bonds is 4. The molecule has 0 aromatic carbocycles. The lowest BCUT2D eigenvalue weighted by molar-refractivity contribution is -0.0181. The van der Waals surface area contributed by atoms with Crippen LogP contribution in [0.15, 0.2) is 11.1 Å². The number of aromatic nitrogens is 4. The first-order valence-corrected chi connectivity index (χ1v) is 8.43. The molecule has 0 aliphatic carbocycles. The summed E-state index contributed by atoms with van der Waals surface area (Å²) < 4.78 is 23.1. The number of anilines is 1. The van der Waals surface area contributed by atoms with Crippen LogP contribution in [0.3, 0.4) is 0 Å². The number of nitrogens with one attached hydrogen (secondary N) is 1. The van der Waals surface area contributed by atoms with Crippen LogP contribution in [0.1, 0.15) is 26.0 Å². The van der Waals surface area contributed by atoms with E-state index in [1.165, 1.54) is 10.9 Å². The average molecular weight is 345 g/mol. The summed E-state index contributed by atoms with van der Waals surface area (Å²) in [4.78, 5) is 40.1. The largest absolute Gasteiger partial charge is 0.469 e. The number of hydrogen-bond donors (Lipinski definition) is 4. The van der Waals surface area contributed by atoms with E-state index in [-0.39, 0.29) is 23.5 Å². The summed E-state index contributed by atoms with van der Waals surface area (Å²) in [5.74, 6) is -0.0581. The predicted molar refractivity (Wildman–Crippen MR) is 78.3 cm³/mol. The normalized spacial score (nSPS) is 25.3. The van der Waals surface area contributed by atoms with Crippen molar-refractivity contribution in [3.63, 3.8) is 0 Å². The minimum atomic E-state index is -4.63. The van der Waals surface area contributed by atoms with Gasteiger partial charge in [-0.2, -0.15) is 4.98 Å². The molecule has 5 N–H and O–H groups in total. The molecular formula is C11H16N5O6P. The van der Waals surface area contributed by atoms with E-state index in [4.69, 9.17) is 24.8 Å². The van der Waals surface area contributed by atoms with Crippen LogP contribution in [0, 0.1) is 0 Å². The van der Waals surface area contributed by atoms with E-state index in [1.54, 1.807) is 0 Å². The van der Waals surface area contributed by atoms with Gasteiger partial charge in [0.25, 0.3) is 5.56 Å². The maximum absolute atomic E-state index is 11.8. The molecule has 3 heterocycles. The Bertz CT molecular complexity index is 828. The molecule has 3 atom stereocenters. The third kappa shape index (κ3) is 3.14. The lowest BCUT2D eigenvalue weighted by atomic mass is 10.1. The van der Waals surface area contributed by atoms with Crippen molar-refractivity contribution in [2.45, 2.75) is 38.2 Å². The number of hydrogen-bond acceptors (Lipinski definition) is 7. The molecule has 1 aliphatic rings. The quantitative estimate of drug-likeness (QED) is 0.552. The van der Waals surface area contributed by atoms with Crippen molar-refractivity contribution in [3.8, 4) is 0 Å². The molecule has 11 nitrogen and oxygen atoms in total. The summed E-state index contributed by atoms with van der Waals surface area (Å²) in [7, 11) is -4.63. The fraction of sp³-hybridized carbons (Fsp3) is 0.545. The van der Waals surface area contributed by atoms with Crippen LogP contribution in [-0.4, -0.2) is 41.5 Å². The van der Waals surface area contributed by atoms with Gasteiger partial charge in [-0.1, -0.05) is 6.92 Å². The molecule has 0 radical (unpaired) electrons. The van der Waals surface area contributed by atoms with Crippen LogP contribution in [0.2, 0.25) is 0 Å². The van der Waals surface area contributed by atoms with Gasteiger partial charge in [-0.25, -0.2) is 9.55 Å². The molecule has 0 spiro atoms. The number of phosphoric ester groups is 1. The number of fused-ring (bicyclic) bond motifs is 1. The maximum Gasteiger partial charge on any atom is 0.469 e. The number of nitrogens with two attached hydrogens (primary N) is 1. The first-order chi connectivity index (χ1) is 10.8. The summed E-state index contributed by atoms with van der Waals surface area (Å²) in [5, 5.41) is 0. The van der Waals surface area contributed by atoms with Crippen LogP contribution in [0.4, 0.5) is 5.95 Å². The average Bonchev–Trinajstić information content (AvgIpc) is 3.00. The number of nitrogens with zero attached hydrogens (tertiary/aromatic N) is 3. The van der Waals surface area contributed by atoms with Gasteiger partial charge in [-0.05, 0) is 6.42 Å². The molecule has 0 amide bonds. The highest BCUT2D eigenvalue weighted by Crippen LogP contribution is 2.44. The molecule has 0 saturated carbocycles. The number of ether oxygens (including phenoxy) is 1. The summed E-state index contributed by atoms with van der Waals surface area (Å²) >= 11 is 0. The van der Waals surface area contributed by atoms with Crippen LogP contribution in [0.25, 0.3) is 11.2 Å². The van der Waals surface area contributed by atoms with Crippen LogP contribution in [-0.2, 0) is 13.8 Å². The Morgan fingerprint density at radius 3 is 3.00 bits per heavy atom. The minimum absolute atomic E-state index is 0.0581. The second-order valence-electron chi connectivity index (χ2n) is 5.18. The number of H-pyrrole nitrogens is 1. The van der Waals surface area contributed by atoms with Gasteiger partial charge in [0.2, 0.25) is 5.95 Å². The van der Waals surface area contributed by atoms with Crippen LogP contribution >= 0.6 is 7.82 Å². The SMILES string of the molecule is CC[C@H]1O[C@@H](n2cnc3c(=O)[nH]c(N)nc32)CC1OP(=O)(O)O. The highest BCUT2D eigenvalue weighted by Gasteiger charge is 2.40. The second kappa shape index (κ2) is 5.69. The zero-order chi connectivity index (χ0) is 16.8. The number of aromatic amines is 1. The molecule has 12 heteroatoms. The molecule has 2 aromatic heterocycles. The fourth-order valence-electron chi connectivity index (χ4n) is 2.67. The van der Waals surface area contributed by atoms with Gasteiger partial charge < -0.3 is 20.3 Å². The Hall–Kier alpha value is -1.78. The van der Waals surface area contributed by atoms with Crippen LogP contribution in [0.5, 0.6) is 0 Å². The first-order valence-electron chi connectivity index (χ1n) is 6.90. The molecule has 0 bridgehead atoms. The Kier molecular flexibility index (Phi) is 3.98. The summed E-state index contributed by atoms with van der Waals surface area (Å²) in [6.07, 6.45) is 0.180. The number of imidazole rings is 1.